The second-order valence-electron chi connectivity index (χ2n) is 4.19. The average Bonchev–Trinajstić information content (AvgIpc) is 2.26. The van der Waals surface area contributed by atoms with Crippen molar-refractivity contribution in [3.05, 3.63) is 38.9 Å². The van der Waals surface area contributed by atoms with Crippen LogP contribution in [0.15, 0.2) is 18.2 Å². The smallest absolute Gasteiger partial charge is 0.273 e. The maximum Gasteiger partial charge on any atom is 0.273 e. The number of nitrogens with zero attached hydrogens (tertiary/aromatic N) is 1. The van der Waals surface area contributed by atoms with Crippen molar-refractivity contribution < 1.29 is 13.3 Å². The highest BCUT2D eigenvalue weighted by Gasteiger charge is 2.13. The average molecular weight is 307 g/mol. The normalized spacial score (nSPS) is 11.5. The van der Waals surface area contributed by atoms with Crippen molar-refractivity contribution in [1.29, 1.82) is 0 Å². The third-order valence-electron chi connectivity index (χ3n) is 2.42. The molecule has 0 spiro atoms. The van der Waals surface area contributed by atoms with Crippen molar-refractivity contribution in [3.63, 3.8) is 0 Å². The fraction of sp³-hybridized carbons (Fsp3) is 0.455. The summed E-state index contributed by atoms with van der Waals surface area (Å²) in [5.74, 6) is 0.0949. The summed E-state index contributed by atoms with van der Waals surface area (Å²) in [4.78, 5) is 10.3. The van der Waals surface area contributed by atoms with Crippen molar-refractivity contribution in [2.45, 2.75) is 13.0 Å². The SMILES string of the molecule is CS(=O)(=O)CCCNCc1cc(Cl)ccc1[N+](=O)[O-]. The van der Waals surface area contributed by atoms with Crippen LogP contribution < -0.4 is 5.32 Å². The summed E-state index contributed by atoms with van der Waals surface area (Å²) in [7, 11) is -2.97. The molecule has 1 aromatic rings. The molecule has 0 atom stereocenters. The van der Waals surface area contributed by atoms with Crippen LogP contribution >= 0.6 is 11.6 Å². The zero-order valence-electron chi connectivity index (χ0n) is 10.4. The Morgan fingerprint density at radius 2 is 2.11 bits per heavy atom. The Kier molecular flexibility index (Phi) is 5.71. The minimum absolute atomic E-state index is 0.0000121. The Morgan fingerprint density at radius 1 is 1.42 bits per heavy atom. The third-order valence-corrected chi connectivity index (χ3v) is 3.69. The summed E-state index contributed by atoms with van der Waals surface area (Å²) in [6.45, 7) is 0.747. The van der Waals surface area contributed by atoms with E-state index in [0.29, 0.717) is 23.6 Å². The van der Waals surface area contributed by atoms with Crippen LogP contribution in [0, 0.1) is 10.1 Å². The number of benzene rings is 1. The lowest BCUT2D eigenvalue weighted by Gasteiger charge is -2.06. The summed E-state index contributed by atoms with van der Waals surface area (Å²) in [6.07, 6.45) is 1.64. The molecule has 0 saturated carbocycles. The molecule has 1 rings (SSSR count). The Morgan fingerprint density at radius 3 is 2.68 bits per heavy atom. The molecular formula is C11H15ClN2O4S. The molecule has 0 amide bonds. The van der Waals surface area contributed by atoms with Crippen molar-refractivity contribution in [3.8, 4) is 0 Å². The minimum atomic E-state index is -2.97. The number of nitro groups is 1. The largest absolute Gasteiger partial charge is 0.312 e. The van der Waals surface area contributed by atoms with Gasteiger partial charge >= 0.3 is 0 Å². The number of nitrogens with one attached hydrogen (secondary N) is 1. The van der Waals surface area contributed by atoms with E-state index in [1.54, 1.807) is 0 Å². The molecule has 0 heterocycles. The molecule has 19 heavy (non-hydrogen) atoms. The van der Waals surface area contributed by atoms with E-state index < -0.39 is 14.8 Å². The lowest BCUT2D eigenvalue weighted by molar-refractivity contribution is -0.385. The maximum atomic E-state index is 10.9. The van der Waals surface area contributed by atoms with Gasteiger partial charge in [0.1, 0.15) is 9.84 Å². The summed E-state index contributed by atoms with van der Waals surface area (Å²) in [5.41, 5.74) is 0.483. The van der Waals surface area contributed by atoms with Crippen LogP contribution in [-0.2, 0) is 16.4 Å². The molecule has 0 aliphatic heterocycles. The van der Waals surface area contributed by atoms with Crippen LogP contribution in [0.2, 0.25) is 5.02 Å². The Balaban J connectivity index is 2.53. The molecule has 8 heteroatoms. The van der Waals surface area contributed by atoms with Gasteiger partial charge in [-0.15, -0.1) is 0 Å². The summed E-state index contributed by atoms with van der Waals surface area (Å²) in [5, 5.41) is 14.2. The van der Waals surface area contributed by atoms with Gasteiger partial charge in [-0.2, -0.15) is 0 Å². The summed E-state index contributed by atoms with van der Waals surface area (Å²) < 4.78 is 21.8. The highest BCUT2D eigenvalue weighted by atomic mass is 35.5. The highest BCUT2D eigenvalue weighted by Crippen LogP contribution is 2.22. The van der Waals surface area contributed by atoms with Crippen molar-refractivity contribution in [1.82, 2.24) is 5.32 Å². The number of halogens is 1. The predicted octanol–water partition coefficient (Wildman–Crippen LogP) is 1.77. The number of hydrogen-bond acceptors (Lipinski definition) is 5. The molecule has 1 aromatic carbocycles. The molecule has 0 aromatic heterocycles. The van der Waals surface area contributed by atoms with E-state index in [4.69, 9.17) is 11.6 Å². The molecule has 0 aliphatic carbocycles. The Bertz CT molecular complexity index is 560. The second-order valence-corrected chi connectivity index (χ2v) is 6.89. The van der Waals surface area contributed by atoms with E-state index >= 15 is 0 Å². The van der Waals surface area contributed by atoms with Gasteiger partial charge in [0.25, 0.3) is 5.69 Å². The molecule has 106 valence electrons. The highest BCUT2D eigenvalue weighted by molar-refractivity contribution is 7.90. The van der Waals surface area contributed by atoms with E-state index in [2.05, 4.69) is 5.32 Å². The van der Waals surface area contributed by atoms with Gasteiger partial charge in [-0.05, 0) is 25.1 Å². The Hall–Kier alpha value is -1.18. The van der Waals surface area contributed by atoms with E-state index in [9.17, 15) is 18.5 Å². The monoisotopic (exact) mass is 306 g/mol. The molecular weight excluding hydrogens is 292 g/mol. The van der Waals surface area contributed by atoms with Crippen LogP contribution in [0.5, 0.6) is 0 Å². The molecule has 6 nitrogen and oxygen atoms in total. The second kappa shape index (κ2) is 6.83. The van der Waals surface area contributed by atoms with Crippen LogP contribution in [0.3, 0.4) is 0 Å². The van der Waals surface area contributed by atoms with E-state index in [-0.39, 0.29) is 18.0 Å². The minimum Gasteiger partial charge on any atom is -0.312 e. The van der Waals surface area contributed by atoms with E-state index in [1.165, 1.54) is 24.5 Å². The van der Waals surface area contributed by atoms with Gasteiger partial charge in [0, 0.05) is 29.5 Å². The third kappa shape index (κ3) is 6.00. The topological polar surface area (TPSA) is 89.3 Å². The van der Waals surface area contributed by atoms with E-state index in [1.807, 2.05) is 0 Å². The maximum absolute atomic E-state index is 10.9. The quantitative estimate of drug-likeness (QED) is 0.471. The first kappa shape index (κ1) is 15.9. The fourth-order valence-corrected chi connectivity index (χ4v) is 2.42. The number of nitro benzene ring substituents is 1. The van der Waals surface area contributed by atoms with Crippen LogP contribution in [0.4, 0.5) is 5.69 Å². The van der Waals surface area contributed by atoms with Crippen LogP contribution in [0.1, 0.15) is 12.0 Å². The molecule has 0 fully saturated rings. The van der Waals surface area contributed by atoms with Gasteiger partial charge in [0.2, 0.25) is 0 Å². The van der Waals surface area contributed by atoms with Gasteiger partial charge in [-0.3, -0.25) is 10.1 Å². The molecule has 1 N–H and O–H groups in total. The van der Waals surface area contributed by atoms with Crippen molar-refractivity contribution in [2.75, 3.05) is 18.6 Å². The first-order chi connectivity index (χ1) is 8.79. The molecule has 0 aliphatic rings. The fourth-order valence-electron chi connectivity index (χ4n) is 1.56. The first-order valence-electron chi connectivity index (χ1n) is 5.61. The zero-order chi connectivity index (χ0) is 14.5. The van der Waals surface area contributed by atoms with Gasteiger partial charge in [0.05, 0.1) is 10.7 Å². The molecule has 0 saturated heterocycles. The standard InChI is InChI=1S/C11H15ClN2O4S/c1-19(17,18)6-2-5-13-8-9-7-10(12)3-4-11(9)14(15)16/h3-4,7,13H,2,5-6,8H2,1H3. The van der Waals surface area contributed by atoms with E-state index in [0.717, 1.165) is 0 Å². The number of rotatable bonds is 7. The van der Waals surface area contributed by atoms with Crippen molar-refractivity contribution in [2.24, 2.45) is 0 Å². The number of sulfone groups is 1. The van der Waals surface area contributed by atoms with Crippen LogP contribution in [-0.4, -0.2) is 31.9 Å². The summed E-state index contributed by atoms with van der Waals surface area (Å²) in [6, 6.07) is 4.35. The lowest BCUT2D eigenvalue weighted by atomic mass is 10.2. The number of hydrogen-bond donors (Lipinski definition) is 1. The lowest BCUT2D eigenvalue weighted by Crippen LogP contribution is -2.18. The Labute approximate surface area is 116 Å². The van der Waals surface area contributed by atoms with Crippen LogP contribution in [0.25, 0.3) is 0 Å². The van der Waals surface area contributed by atoms with Gasteiger partial charge in [-0.1, -0.05) is 11.6 Å². The van der Waals surface area contributed by atoms with Crippen molar-refractivity contribution >= 4 is 27.1 Å². The van der Waals surface area contributed by atoms with Gasteiger partial charge in [0.15, 0.2) is 0 Å². The molecule has 0 bridgehead atoms. The predicted molar refractivity (Wildman–Crippen MR) is 74.1 cm³/mol. The molecule has 0 unspecified atom stereocenters. The summed E-state index contributed by atoms with van der Waals surface area (Å²) >= 11 is 5.79. The van der Waals surface area contributed by atoms with Gasteiger partial charge in [-0.25, -0.2) is 8.42 Å². The zero-order valence-corrected chi connectivity index (χ0v) is 12.0. The molecule has 0 radical (unpaired) electrons. The first-order valence-corrected chi connectivity index (χ1v) is 8.05. The van der Waals surface area contributed by atoms with Gasteiger partial charge < -0.3 is 5.32 Å².